The first kappa shape index (κ1) is 17.9. The van der Waals surface area contributed by atoms with Gasteiger partial charge in [0.15, 0.2) is 0 Å². The van der Waals surface area contributed by atoms with Crippen molar-refractivity contribution in [2.45, 2.75) is 6.92 Å². The summed E-state index contributed by atoms with van der Waals surface area (Å²) in [6.07, 6.45) is 1.55. The largest absolute Gasteiger partial charge is 0.493 e. The van der Waals surface area contributed by atoms with Gasteiger partial charge < -0.3 is 4.74 Å². The Morgan fingerprint density at radius 1 is 1.27 bits per heavy atom. The van der Waals surface area contributed by atoms with E-state index in [1.807, 2.05) is 55.5 Å². The summed E-state index contributed by atoms with van der Waals surface area (Å²) in [5.41, 5.74) is 5.21. The van der Waals surface area contributed by atoms with Crippen molar-refractivity contribution < 1.29 is 9.53 Å². The van der Waals surface area contributed by atoms with Crippen molar-refractivity contribution in [3.8, 4) is 17.0 Å². The molecule has 2 N–H and O–H groups in total. The lowest BCUT2D eigenvalue weighted by Crippen LogP contribution is -2.18. The van der Waals surface area contributed by atoms with Crippen LogP contribution in [-0.4, -0.2) is 28.9 Å². The maximum absolute atomic E-state index is 12.2. The molecule has 1 aromatic heterocycles. The number of nitrogens with one attached hydrogen (secondary N) is 2. The zero-order valence-corrected chi connectivity index (χ0v) is 15.7. The van der Waals surface area contributed by atoms with Crippen molar-refractivity contribution in [1.82, 2.24) is 15.6 Å². The van der Waals surface area contributed by atoms with Gasteiger partial charge in [0.05, 0.1) is 18.5 Å². The van der Waals surface area contributed by atoms with Crippen molar-refractivity contribution in [3.05, 3.63) is 70.3 Å². The highest BCUT2D eigenvalue weighted by Gasteiger charge is 2.10. The third kappa shape index (κ3) is 4.37. The van der Waals surface area contributed by atoms with Crippen molar-refractivity contribution in [2.24, 2.45) is 5.10 Å². The van der Waals surface area contributed by atoms with Gasteiger partial charge in [-0.05, 0) is 37.3 Å². The van der Waals surface area contributed by atoms with E-state index < -0.39 is 0 Å². The van der Waals surface area contributed by atoms with Gasteiger partial charge in [-0.3, -0.25) is 9.89 Å². The van der Waals surface area contributed by atoms with E-state index in [9.17, 15) is 4.79 Å². The topological polar surface area (TPSA) is 79.4 Å². The molecule has 3 rings (SSSR count). The van der Waals surface area contributed by atoms with E-state index in [0.717, 1.165) is 15.6 Å². The standard InChI is InChI=1S/C19H17BrN4O2/c1-2-26-18-6-4-3-5-14(18)12-21-24-19(25)17-11-16(22-23-17)13-7-9-15(20)10-8-13/h3-12H,2H2,1H3,(H,22,23)(H,24,25)/b21-12+. The van der Waals surface area contributed by atoms with Gasteiger partial charge in [-0.25, -0.2) is 5.43 Å². The summed E-state index contributed by atoms with van der Waals surface area (Å²) in [5.74, 6) is 0.345. The van der Waals surface area contributed by atoms with Crippen LogP contribution in [0.2, 0.25) is 0 Å². The summed E-state index contributed by atoms with van der Waals surface area (Å²) in [7, 11) is 0. The van der Waals surface area contributed by atoms with Crippen molar-refractivity contribution in [3.63, 3.8) is 0 Å². The number of H-pyrrole nitrogens is 1. The number of para-hydroxylation sites is 1. The number of aromatic nitrogens is 2. The molecule has 0 unspecified atom stereocenters. The molecule has 1 heterocycles. The molecule has 0 saturated carbocycles. The van der Waals surface area contributed by atoms with E-state index >= 15 is 0 Å². The number of rotatable bonds is 6. The number of hydrogen-bond acceptors (Lipinski definition) is 4. The van der Waals surface area contributed by atoms with Gasteiger partial charge in [0, 0.05) is 15.6 Å². The van der Waals surface area contributed by atoms with Crippen LogP contribution in [-0.2, 0) is 0 Å². The van der Waals surface area contributed by atoms with Crippen LogP contribution < -0.4 is 10.2 Å². The van der Waals surface area contributed by atoms with Crippen LogP contribution in [0.15, 0.2) is 64.2 Å². The fourth-order valence-electron chi connectivity index (χ4n) is 2.30. The normalized spacial score (nSPS) is 10.8. The smallest absolute Gasteiger partial charge is 0.289 e. The van der Waals surface area contributed by atoms with Crippen molar-refractivity contribution >= 4 is 28.1 Å². The molecule has 0 spiro atoms. The Morgan fingerprint density at radius 3 is 2.81 bits per heavy atom. The van der Waals surface area contributed by atoms with Crippen LogP contribution in [0.5, 0.6) is 5.75 Å². The number of ether oxygens (including phenoxy) is 1. The van der Waals surface area contributed by atoms with Crippen LogP contribution in [0.3, 0.4) is 0 Å². The molecule has 26 heavy (non-hydrogen) atoms. The van der Waals surface area contributed by atoms with Gasteiger partial charge in [-0.1, -0.05) is 40.2 Å². The van der Waals surface area contributed by atoms with Crippen LogP contribution in [0.1, 0.15) is 23.0 Å². The molecule has 1 amide bonds. The van der Waals surface area contributed by atoms with E-state index in [0.29, 0.717) is 23.7 Å². The highest BCUT2D eigenvalue weighted by molar-refractivity contribution is 9.10. The molecule has 0 aliphatic rings. The summed E-state index contributed by atoms with van der Waals surface area (Å²) in [5, 5.41) is 10.9. The Bertz CT molecular complexity index is 919. The molecule has 7 heteroatoms. The van der Waals surface area contributed by atoms with Gasteiger partial charge in [0.25, 0.3) is 5.91 Å². The van der Waals surface area contributed by atoms with E-state index in [2.05, 4.69) is 36.7 Å². The lowest BCUT2D eigenvalue weighted by molar-refractivity contribution is 0.0950. The van der Waals surface area contributed by atoms with E-state index in [4.69, 9.17) is 4.74 Å². The summed E-state index contributed by atoms with van der Waals surface area (Å²) in [6, 6.07) is 16.8. The molecule has 0 atom stereocenters. The third-order valence-corrected chi connectivity index (χ3v) is 4.08. The minimum absolute atomic E-state index is 0.332. The second-order valence-electron chi connectivity index (χ2n) is 5.34. The van der Waals surface area contributed by atoms with Crippen LogP contribution >= 0.6 is 15.9 Å². The van der Waals surface area contributed by atoms with Crippen molar-refractivity contribution in [1.29, 1.82) is 0 Å². The molecule has 0 bridgehead atoms. The second-order valence-corrected chi connectivity index (χ2v) is 6.26. The maximum Gasteiger partial charge on any atom is 0.289 e. The van der Waals surface area contributed by atoms with Gasteiger partial charge in [0.2, 0.25) is 0 Å². The molecule has 0 fully saturated rings. The molecule has 0 saturated heterocycles. The monoisotopic (exact) mass is 412 g/mol. The quantitative estimate of drug-likeness (QED) is 0.474. The molecular formula is C19H17BrN4O2. The molecule has 0 aliphatic carbocycles. The van der Waals surface area contributed by atoms with Gasteiger partial charge in [-0.2, -0.15) is 10.2 Å². The average molecular weight is 413 g/mol. The Hall–Kier alpha value is -2.93. The first-order valence-electron chi connectivity index (χ1n) is 8.04. The number of hydrazone groups is 1. The number of halogens is 1. The number of benzene rings is 2. The molecular weight excluding hydrogens is 396 g/mol. The molecule has 132 valence electrons. The van der Waals surface area contributed by atoms with Crippen LogP contribution in [0.4, 0.5) is 0 Å². The number of aromatic amines is 1. The Morgan fingerprint density at radius 2 is 2.04 bits per heavy atom. The number of amides is 1. The van der Waals surface area contributed by atoms with Gasteiger partial charge in [0.1, 0.15) is 11.4 Å². The van der Waals surface area contributed by atoms with E-state index in [1.165, 1.54) is 0 Å². The first-order chi connectivity index (χ1) is 12.7. The molecule has 0 radical (unpaired) electrons. The van der Waals surface area contributed by atoms with Crippen molar-refractivity contribution in [2.75, 3.05) is 6.61 Å². The molecule has 2 aromatic carbocycles. The SMILES string of the molecule is CCOc1ccccc1/C=N/NC(=O)c1cc(-c2ccc(Br)cc2)n[nH]1. The Balaban J connectivity index is 1.67. The average Bonchev–Trinajstić information content (AvgIpc) is 3.14. The highest BCUT2D eigenvalue weighted by atomic mass is 79.9. The Labute approximate surface area is 159 Å². The lowest BCUT2D eigenvalue weighted by Gasteiger charge is -2.05. The highest BCUT2D eigenvalue weighted by Crippen LogP contribution is 2.20. The predicted molar refractivity (Wildman–Crippen MR) is 104 cm³/mol. The first-order valence-corrected chi connectivity index (χ1v) is 8.83. The molecule has 6 nitrogen and oxygen atoms in total. The zero-order valence-electron chi connectivity index (χ0n) is 14.1. The minimum Gasteiger partial charge on any atom is -0.493 e. The minimum atomic E-state index is -0.369. The number of carbonyl (C=O) groups excluding carboxylic acids is 1. The summed E-state index contributed by atoms with van der Waals surface area (Å²) >= 11 is 3.39. The fourth-order valence-corrected chi connectivity index (χ4v) is 2.57. The number of hydrogen-bond donors (Lipinski definition) is 2. The Kier molecular flexibility index (Phi) is 5.80. The zero-order chi connectivity index (χ0) is 18.4. The third-order valence-electron chi connectivity index (χ3n) is 3.55. The number of carbonyl (C=O) groups is 1. The molecule has 0 aliphatic heterocycles. The summed E-state index contributed by atoms with van der Waals surface area (Å²) < 4.78 is 6.50. The lowest BCUT2D eigenvalue weighted by atomic mass is 10.1. The van der Waals surface area contributed by atoms with Crippen LogP contribution in [0.25, 0.3) is 11.3 Å². The van der Waals surface area contributed by atoms with Crippen LogP contribution in [0, 0.1) is 0 Å². The van der Waals surface area contributed by atoms with E-state index in [1.54, 1.807) is 12.3 Å². The van der Waals surface area contributed by atoms with Gasteiger partial charge >= 0.3 is 0 Å². The summed E-state index contributed by atoms with van der Waals surface area (Å²) in [4.78, 5) is 12.2. The summed E-state index contributed by atoms with van der Waals surface area (Å²) in [6.45, 7) is 2.47. The molecule has 3 aromatic rings. The maximum atomic E-state index is 12.2. The predicted octanol–water partition coefficient (Wildman–Crippen LogP) is 4.00. The second kappa shape index (κ2) is 8.44. The van der Waals surface area contributed by atoms with Gasteiger partial charge in [-0.15, -0.1) is 0 Å². The fraction of sp³-hybridized carbons (Fsp3) is 0.105. The van der Waals surface area contributed by atoms with E-state index in [-0.39, 0.29) is 5.91 Å². The number of nitrogens with zero attached hydrogens (tertiary/aromatic N) is 2.